The van der Waals surface area contributed by atoms with Crippen LogP contribution < -0.4 is 5.73 Å². The van der Waals surface area contributed by atoms with Gasteiger partial charge in [-0.25, -0.2) is 0 Å². The van der Waals surface area contributed by atoms with E-state index in [1.54, 1.807) is 11.8 Å². The summed E-state index contributed by atoms with van der Waals surface area (Å²) < 4.78 is 0. The monoisotopic (exact) mass is 250 g/mol. The van der Waals surface area contributed by atoms with Crippen LogP contribution in [0, 0.1) is 0 Å². The fraction of sp³-hybridized carbons (Fsp3) is 0.500. The molecule has 0 aliphatic heterocycles. The van der Waals surface area contributed by atoms with Crippen molar-refractivity contribution in [2.24, 2.45) is 5.73 Å². The summed E-state index contributed by atoms with van der Waals surface area (Å²) >= 11 is 0. The number of hydrogen-bond donors (Lipinski definition) is 2. The van der Waals surface area contributed by atoms with Gasteiger partial charge in [0.15, 0.2) is 0 Å². The van der Waals surface area contributed by atoms with E-state index in [2.05, 4.69) is 0 Å². The number of amides is 1. The lowest BCUT2D eigenvalue weighted by Crippen LogP contribution is -2.51. The summed E-state index contributed by atoms with van der Waals surface area (Å²) in [6, 6.07) is 9.36. The van der Waals surface area contributed by atoms with Crippen LogP contribution in [0.3, 0.4) is 0 Å². The number of aliphatic hydroxyl groups is 1. The molecule has 0 spiro atoms. The Hall–Kier alpha value is -1.39. The normalized spacial score (nSPS) is 14.0. The number of nitrogens with zero attached hydrogens (tertiary/aromatic N) is 1. The number of benzene rings is 1. The molecule has 18 heavy (non-hydrogen) atoms. The van der Waals surface area contributed by atoms with Gasteiger partial charge < -0.3 is 15.7 Å². The quantitative estimate of drug-likeness (QED) is 0.794. The summed E-state index contributed by atoms with van der Waals surface area (Å²) in [5.41, 5.74) is 5.96. The molecular formula is C14H22N2O2. The van der Waals surface area contributed by atoms with Gasteiger partial charge in [-0.3, -0.25) is 4.79 Å². The van der Waals surface area contributed by atoms with Gasteiger partial charge in [-0.15, -0.1) is 0 Å². The van der Waals surface area contributed by atoms with Gasteiger partial charge in [-0.05, 0) is 25.8 Å². The van der Waals surface area contributed by atoms with Gasteiger partial charge in [0.1, 0.15) is 5.54 Å². The fourth-order valence-corrected chi connectivity index (χ4v) is 1.90. The van der Waals surface area contributed by atoms with Crippen LogP contribution in [-0.4, -0.2) is 35.6 Å². The Morgan fingerprint density at radius 2 is 2.00 bits per heavy atom. The molecule has 1 atom stereocenters. The van der Waals surface area contributed by atoms with Gasteiger partial charge in [0.25, 0.3) is 0 Å². The average Bonchev–Trinajstić information content (AvgIpc) is 2.40. The summed E-state index contributed by atoms with van der Waals surface area (Å²) in [5.74, 6) is -0.107. The van der Waals surface area contributed by atoms with Gasteiger partial charge >= 0.3 is 0 Å². The second-order valence-electron chi connectivity index (χ2n) is 4.53. The molecule has 100 valence electrons. The molecule has 1 amide bonds. The van der Waals surface area contributed by atoms with Crippen LogP contribution in [-0.2, 0) is 10.3 Å². The van der Waals surface area contributed by atoms with E-state index < -0.39 is 5.54 Å². The first-order valence-corrected chi connectivity index (χ1v) is 6.28. The van der Waals surface area contributed by atoms with Crippen LogP contribution in [0.4, 0.5) is 0 Å². The van der Waals surface area contributed by atoms with Gasteiger partial charge in [0.2, 0.25) is 5.91 Å². The van der Waals surface area contributed by atoms with Crippen molar-refractivity contribution in [3.63, 3.8) is 0 Å². The largest absolute Gasteiger partial charge is 0.396 e. The Morgan fingerprint density at radius 3 is 2.50 bits per heavy atom. The predicted molar refractivity (Wildman–Crippen MR) is 71.9 cm³/mol. The first kappa shape index (κ1) is 14.7. The molecule has 0 aliphatic carbocycles. The lowest BCUT2D eigenvalue weighted by Gasteiger charge is -2.31. The number of nitrogens with two attached hydrogens (primary N) is 1. The fourth-order valence-electron chi connectivity index (χ4n) is 1.90. The zero-order chi connectivity index (χ0) is 13.6. The van der Waals surface area contributed by atoms with E-state index >= 15 is 0 Å². The van der Waals surface area contributed by atoms with E-state index in [1.807, 2.05) is 37.3 Å². The zero-order valence-corrected chi connectivity index (χ0v) is 11.1. The Bertz CT molecular complexity index is 377. The smallest absolute Gasteiger partial charge is 0.246 e. The van der Waals surface area contributed by atoms with Crippen molar-refractivity contribution >= 4 is 5.91 Å². The van der Waals surface area contributed by atoms with Gasteiger partial charge in [-0.1, -0.05) is 30.3 Å². The van der Waals surface area contributed by atoms with Crippen LogP contribution >= 0.6 is 0 Å². The molecule has 1 unspecified atom stereocenters. The van der Waals surface area contributed by atoms with Crippen LogP contribution in [0.25, 0.3) is 0 Å². The van der Waals surface area contributed by atoms with E-state index in [0.29, 0.717) is 19.5 Å². The number of hydrogen-bond acceptors (Lipinski definition) is 3. The summed E-state index contributed by atoms with van der Waals surface area (Å²) in [7, 11) is 0. The highest BCUT2D eigenvalue weighted by atomic mass is 16.3. The first-order valence-electron chi connectivity index (χ1n) is 6.28. The lowest BCUT2D eigenvalue weighted by atomic mass is 9.91. The van der Waals surface area contributed by atoms with Gasteiger partial charge in [-0.2, -0.15) is 0 Å². The minimum atomic E-state index is -1.02. The molecule has 1 aromatic rings. The standard InChI is InChI=1S/C14H22N2O2/c1-3-16(10-7-11-17)13(18)14(2,15)12-8-5-4-6-9-12/h4-6,8-9,17H,3,7,10-11,15H2,1-2H3. The summed E-state index contributed by atoms with van der Waals surface area (Å²) in [6.45, 7) is 4.85. The number of likely N-dealkylation sites (N-methyl/N-ethyl adjacent to an activating group) is 1. The SMILES string of the molecule is CCN(CCCO)C(=O)C(C)(N)c1ccccc1. The van der Waals surface area contributed by atoms with E-state index in [9.17, 15) is 4.79 Å². The topological polar surface area (TPSA) is 66.6 Å². The molecule has 3 N–H and O–H groups in total. The molecule has 4 heteroatoms. The van der Waals surface area contributed by atoms with E-state index in [0.717, 1.165) is 5.56 Å². The highest BCUT2D eigenvalue weighted by molar-refractivity contribution is 5.87. The Morgan fingerprint density at radius 1 is 1.39 bits per heavy atom. The van der Waals surface area contributed by atoms with Gasteiger partial charge in [0, 0.05) is 19.7 Å². The average molecular weight is 250 g/mol. The Kier molecular flexibility index (Phi) is 5.31. The highest BCUT2D eigenvalue weighted by Gasteiger charge is 2.33. The zero-order valence-electron chi connectivity index (χ0n) is 11.1. The number of carbonyl (C=O) groups excluding carboxylic acids is 1. The first-order chi connectivity index (χ1) is 8.54. The predicted octanol–water partition coefficient (Wildman–Crippen LogP) is 1.09. The molecule has 0 saturated heterocycles. The van der Waals surface area contributed by atoms with Crippen molar-refractivity contribution in [2.75, 3.05) is 19.7 Å². The summed E-state index contributed by atoms with van der Waals surface area (Å²) in [5, 5.41) is 8.84. The number of aliphatic hydroxyl groups excluding tert-OH is 1. The molecule has 0 bridgehead atoms. The third kappa shape index (κ3) is 3.31. The van der Waals surface area contributed by atoms with Crippen molar-refractivity contribution in [3.05, 3.63) is 35.9 Å². The second kappa shape index (κ2) is 6.52. The van der Waals surface area contributed by atoms with Crippen LogP contribution in [0.1, 0.15) is 25.8 Å². The molecule has 1 aromatic carbocycles. The van der Waals surface area contributed by atoms with Crippen LogP contribution in [0.15, 0.2) is 30.3 Å². The maximum absolute atomic E-state index is 12.4. The molecular weight excluding hydrogens is 228 g/mol. The maximum Gasteiger partial charge on any atom is 0.246 e. The summed E-state index contributed by atoms with van der Waals surface area (Å²) in [4.78, 5) is 14.1. The molecule has 0 fully saturated rings. The van der Waals surface area contributed by atoms with E-state index in [-0.39, 0.29) is 12.5 Å². The van der Waals surface area contributed by atoms with E-state index in [1.165, 1.54) is 0 Å². The maximum atomic E-state index is 12.4. The second-order valence-corrected chi connectivity index (χ2v) is 4.53. The third-order valence-corrected chi connectivity index (χ3v) is 3.07. The molecule has 0 saturated carbocycles. The number of rotatable bonds is 6. The van der Waals surface area contributed by atoms with Crippen molar-refractivity contribution in [2.45, 2.75) is 25.8 Å². The molecule has 0 aliphatic rings. The third-order valence-electron chi connectivity index (χ3n) is 3.07. The number of carbonyl (C=O) groups is 1. The molecule has 1 rings (SSSR count). The lowest BCUT2D eigenvalue weighted by molar-refractivity contribution is -0.136. The minimum Gasteiger partial charge on any atom is -0.396 e. The molecule has 0 aromatic heterocycles. The van der Waals surface area contributed by atoms with Gasteiger partial charge in [0.05, 0.1) is 0 Å². The molecule has 4 nitrogen and oxygen atoms in total. The van der Waals surface area contributed by atoms with Crippen molar-refractivity contribution < 1.29 is 9.90 Å². The van der Waals surface area contributed by atoms with Crippen LogP contribution in [0.2, 0.25) is 0 Å². The molecule has 0 heterocycles. The van der Waals surface area contributed by atoms with Crippen LogP contribution in [0.5, 0.6) is 0 Å². The van der Waals surface area contributed by atoms with Crippen molar-refractivity contribution in [3.8, 4) is 0 Å². The van der Waals surface area contributed by atoms with Crippen molar-refractivity contribution in [1.82, 2.24) is 4.90 Å². The Labute approximate surface area is 108 Å². The van der Waals surface area contributed by atoms with Crippen molar-refractivity contribution in [1.29, 1.82) is 0 Å². The Balaban J connectivity index is 2.86. The highest BCUT2D eigenvalue weighted by Crippen LogP contribution is 2.20. The summed E-state index contributed by atoms with van der Waals surface area (Å²) in [6.07, 6.45) is 0.574. The minimum absolute atomic E-state index is 0.0798. The van der Waals surface area contributed by atoms with E-state index in [4.69, 9.17) is 10.8 Å². The molecule has 0 radical (unpaired) electrons.